The third kappa shape index (κ3) is 3.29. The number of hydrogen-bond acceptors (Lipinski definition) is 3. The fourth-order valence-electron chi connectivity index (χ4n) is 3.22. The SMILES string of the molecule is COc1ccc(C2CCCN2C(=O)c2ccc(F)c(F)c2)c(OC)c1. The van der Waals surface area contributed by atoms with E-state index in [0.717, 1.165) is 30.5 Å². The molecule has 0 radical (unpaired) electrons. The van der Waals surface area contributed by atoms with E-state index in [-0.39, 0.29) is 17.5 Å². The molecule has 1 fully saturated rings. The summed E-state index contributed by atoms with van der Waals surface area (Å²) in [4.78, 5) is 14.5. The van der Waals surface area contributed by atoms with Crippen molar-refractivity contribution in [3.8, 4) is 11.5 Å². The van der Waals surface area contributed by atoms with Crippen LogP contribution in [-0.2, 0) is 0 Å². The van der Waals surface area contributed by atoms with Crippen LogP contribution >= 0.6 is 0 Å². The number of amides is 1. The second-order valence-corrected chi connectivity index (χ2v) is 5.89. The topological polar surface area (TPSA) is 38.8 Å². The minimum absolute atomic E-state index is 0.137. The van der Waals surface area contributed by atoms with E-state index >= 15 is 0 Å². The van der Waals surface area contributed by atoms with Crippen LogP contribution < -0.4 is 9.47 Å². The molecule has 2 aromatic rings. The molecule has 1 aliphatic rings. The summed E-state index contributed by atoms with van der Waals surface area (Å²) in [5.41, 5.74) is 1.01. The number of likely N-dealkylation sites (tertiary alicyclic amines) is 1. The Morgan fingerprint density at radius 2 is 1.88 bits per heavy atom. The summed E-state index contributed by atoms with van der Waals surface area (Å²) in [5.74, 6) is -1.01. The summed E-state index contributed by atoms with van der Waals surface area (Å²) < 4.78 is 37.2. The Bertz CT molecular complexity index is 794. The van der Waals surface area contributed by atoms with Crippen molar-refractivity contribution in [2.24, 2.45) is 0 Å². The lowest BCUT2D eigenvalue weighted by molar-refractivity contribution is 0.0733. The Kier molecular flexibility index (Phi) is 4.88. The fourth-order valence-corrected chi connectivity index (χ4v) is 3.22. The Morgan fingerprint density at radius 3 is 2.56 bits per heavy atom. The maximum atomic E-state index is 13.5. The lowest BCUT2D eigenvalue weighted by Crippen LogP contribution is -2.30. The van der Waals surface area contributed by atoms with E-state index in [0.29, 0.717) is 18.0 Å². The molecule has 1 saturated heterocycles. The predicted octanol–water partition coefficient (Wildman–Crippen LogP) is 3.96. The summed E-state index contributed by atoms with van der Waals surface area (Å²) in [5, 5.41) is 0. The highest BCUT2D eigenvalue weighted by atomic mass is 19.2. The van der Waals surface area contributed by atoms with Crippen molar-refractivity contribution in [2.75, 3.05) is 20.8 Å². The molecule has 2 aromatic carbocycles. The number of carbonyl (C=O) groups is 1. The van der Waals surface area contributed by atoms with Crippen molar-refractivity contribution in [3.63, 3.8) is 0 Å². The standard InChI is InChI=1S/C19H19F2NO3/c1-24-13-6-7-14(18(11-13)25-2)17-4-3-9-22(17)19(23)12-5-8-15(20)16(21)10-12/h5-8,10-11,17H,3-4,9H2,1-2H3. The molecule has 6 heteroatoms. The second kappa shape index (κ2) is 7.09. The molecule has 3 rings (SSSR count). The van der Waals surface area contributed by atoms with Crippen LogP contribution in [0.1, 0.15) is 34.8 Å². The minimum Gasteiger partial charge on any atom is -0.497 e. The summed E-state index contributed by atoms with van der Waals surface area (Å²) >= 11 is 0. The van der Waals surface area contributed by atoms with Crippen LogP contribution in [0.3, 0.4) is 0 Å². The van der Waals surface area contributed by atoms with Crippen LogP contribution in [0.15, 0.2) is 36.4 Å². The van der Waals surface area contributed by atoms with Crippen molar-refractivity contribution in [1.82, 2.24) is 4.90 Å². The van der Waals surface area contributed by atoms with Gasteiger partial charge in [0.25, 0.3) is 5.91 Å². The van der Waals surface area contributed by atoms with Gasteiger partial charge in [0.15, 0.2) is 11.6 Å². The Labute approximate surface area is 145 Å². The molecule has 0 bridgehead atoms. The number of methoxy groups -OCH3 is 2. The van der Waals surface area contributed by atoms with Gasteiger partial charge in [-0.2, -0.15) is 0 Å². The number of carbonyl (C=O) groups excluding carboxylic acids is 1. The molecule has 0 aromatic heterocycles. The van der Waals surface area contributed by atoms with Gasteiger partial charge in [-0.25, -0.2) is 8.78 Å². The largest absolute Gasteiger partial charge is 0.497 e. The Hall–Kier alpha value is -2.63. The fraction of sp³-hybridized carbons (Fsp3) is 0.316. The number of benzene rings is 2. The Balaban J connectivity index is 1.92. The van der Waals surface area contributed by atoms with Gasteiger partial charge in [-0.1, -0.05) is 0 Å². The highest BCUT2D eigenvalue weighted by Crippen LogP contribution is 2.39. The van der Waals surface area contributed by atoms with Crippen LogP contribution in [0, 0.1) is 11.6 Å². The van der Waals surface area contributed by atoms with Crippen molar-refractivity contribution in [3.05, 3.63) is 59.2 Å². The molecule has 1 heterocycles. The average molecular weight is 347 g/mol. The second-order valence-electron chi connectivity index (χ2n) is 5.89. The van der Waals surface area contributed by atoms with E-state index in [4.69, 9.17) is 9.47 Å². The highest BCUT2D eigenvalue weighted by Gasteiger charge is 2.32. The van der Waals surface area contributed by atoms with Gasteiger partial charge in [0.2, 0.25) is 0 Å². The van der Waals surface area contributed by atoms with Gasteiger partial charge in [-0.3, -0.25) is 4.79 Å². The van der Waals surface area contributed by atoms with Gasteiger partial charge in [0.1, 0.15) is 11.5 Å². The van der Waals surface area contributed by atoms with Crippen molar-refractivity contribution >= 4 is 5.91 Å². The van der Waals surface area contributed by atoms with Gasteiger partial charge in [-0.15, -0.1) is 0 Å². The van der Waals surface area contributed by atoms with Crippen LogP contribution in [0.2, 0.25) is 0 Å². The number of hydrogen-bond donors (Lipinski definition) is 0. The molecule has 1 amide bonds. The van der Waals surface area contributed by atoms with Crippen LogP contribution in [0.4, 0.5) is 8.78 Å². The third-order valence-corrected chi connectivity index (χ3v) is 4.48. The first kappa shape index (κ1) is 17.2. The van der Waals surface area contributed by atoms with Crippen molar-refractivity contribution < 1.29 is 23.0 Å². The summed E-state index contributed by atoms with van der Waals surface area (Å²) in [7, 11) is 3.14. The zero-order valence-corrected chi connectivity index (χ0v) is 14.1. The summed E-state index contributed by atoms with van der Waals surface area (Å²) in [6.45, 7) is 0.553. The van der Waals surface area contributed by atoms with E-state index in [1.54, 1.807) is 25.2 Å². The van der Waals surface area contributed by atoms with Crippen LogP contribution in [0.25, 0.3) is 0 Å². The van der Waals surface area contributed by atoms with Gasteiger partial charge in [-0.05, 0) is 43.2 Å². The summed E-state index contributed by atoms with van der Waals surface area (Å²) in [6.07, 6.45) is 1.60. The minimum atomic E-state index is -1.02. The number of halogens is 2. The normalized spacial score (nSPS) is 16.8. The maximum absolute atomic E-state index is 13.5. The van der Waals surface area contributed by atoms with Gasteiger partial charge < -0.3 is 14.4 Å². The number of rotatable bonds is 4. The monoisotopic (exact) mass is 347 g/mol. The van der Waals surface area contributed by atoms with Gasteiger partial charge in [0, 0.05) is 23.7 Å². The van der Waals surface area contributed by atoms with Gasteiger partial charge >= 0.3 is 0 Å². The molecular formula is C19H19F2NO3. The highest BCUT2D eigenvalue weighted by molar-refractivity contribution is 5.94. The molecule has 0 aliphatic carbocycles. The molecule has 1 aliphatic heterocycles. The van der Waals surface area contributed by atoms with E-state index in [2.05, 4.69) is 0 Å². The lowest BCUT2D eigenvalue weighted by atomic mass is 10.0. The van der Waals surface area contributed by atoms with E-state index < -0.39 is 11.6 Å². The van der Waals surface area contributed by atoms with Crippen molar-refractivity contribution in [1.29, 1.82) is 0 Å². The molecule has 1 atom stereocenters. The first-order valence-electron chi connectivity index (χ1n) is 8.03. The zero-order chi connectivity index (χ0) is 18.0. The quantitative estimate of drug-likeness (QED) is 0.840. The summed E-state index contributed by atoms with van der Waals surface area (Å²) in [6, 6.07) is 8.51. The predicted molar refractivity (Wildman–Crippen MR) is 88.9 cm³/mol. The first-order chi connectivity index (χ1) is 12.0. The molecule has 132 valence electrons. The van der Waals surface area contributed by atoms with Gasteiger partial charge in [0.05, 0.1) is 20.3 Å². The molecule has 0 saturated carbocycles. The van der Waals surface area contributed by atoms with E-state index in [1.807, 2.05) is 12.1 Å². The molecule has 4 nitrogen and oxygen atoms in total. The maximum Gasteiger partial charge on any atom is 0.254 e. The molecule has 1 unspecified atom stereocenters. The average Bonchev–Trinajstić information content (AvgIpc) is 3.12. The van der Waals surface area contributed by atoms with E-state index in [1.165, 1.54) is 6.07 Å². The molecule has 25 heavy (non-hydrogen) atoms. The molecule has 0 spiro atoms. The smallest absolute Gasteiger partial charge is 0.254 e. The molecule has 0 N–H and O–H groups in total. The first-order valence-corrected chi connectivity index (χ1v) is 8.03. The third-order valence-electron chi connectivity index (χ3n) is 4.48. The Morgan fingerprint density at radius 1 is 1.08 bits per heavy atom. The zero-order valence-electron chi connectivity index (χ0n) is 14.1. The number of nitrogens with zero attached hydrogens (tertiary/aromatic N) is 1. The molecular weight excluding hydrogens is 328 g/mol. The number of ether oxygens (including phenoxy) is 2. The van der Waals surface area contributed by atoms with E-state index in [9.17, 15) is 13.6 Å². The van der Waals surface area contributed by atoms with Crippen LogP contribution in [0.5, 0.6) is 11.5 Å². The lowest BCUT2D eigenvalue weighted by Gasteiger charge is -2.26. The van der Waals surface area contributed by atoms with Crippen LogP contribution in [-0.4, -0.2) is 31.6 Å². The van der Waals surface area contributed by atoms with Crippen molar-refractivity contribution in [2.45, 2.75) is 18.9 Å².